The molecule has 0 unspecified atom stereocenters. The maximum absolute atomic E-state index is 13.7. The van der Waals surface area contributed by atoms with Gasteiger partial charge in [0.25, 0.3) is 5.91 Å². The largest absolute Gasteiger partial charge is 0.483 e. The molecule has 0 saturated carbocycles. The Balaban J connectivity index is 1.95. The number of rotatable bonds is 9. The normalized spacial score (nSPS) is 12.1. The van der Waals surface area contributed by atoms with Crippen molar-refractivity contribution in [1.82, 2.24) is 10.2 Å². The van der Waals surface area contributed by atoms with Crippen LogP contribution in [0.4, 0.5) is 0 Å². The summed E-state index contributed by atoms with van der Waals surface area (Å²) < 4.78 is 5.93. The summed E-state index contributed by atoms with van der Waals surface area (Å²) >= 11 is 6.46. The van der Waals surface area contributed by atoms with E-state index in [1.165, 1.54) is 0 Å². The molecular formula is C30H35ClN2O3. The number of hydrogen-bond acceptors (Lipinski definition) is 3. The fraction of sp³-hybridized carbons (Fsp3) is 0.333. The van der Waals surface area contributed by atoms with Gasteiger partial charge in [-0.2, -0.15) is 0 Å². The van der Waals surface area contributed by atoms with Gasteiger partial charge in [0.1, 0.15) is 11.8 Å². The molecule has 1 N–H and O–H groups in total. The van der Waals surface area contributed by atoms with E-state index in [0.29, 0.717) is 17.2 Å². The highest BCUT2D eigenvalue weighted by atomic mass is 35.5. The van der Waals surface area contributed by atoms with Crippen molar-refractivity contribution in [3.63, 3.8) is 0 Å². The highest BCUT2D eigenvalue weighted by Gasteiger charge is 2.32. The van der Waals surface area contributed by atoms with Crippen molar-refractivity contribution in [1.29, 1.82) is 0 Å². The number of carbonyl (C=O) groups excluding carboxylic acids is 2. The number of benzene rings is 3. The van der Waals surface area contributed by atoms with Crippen LogP contribution >= 0.6 is 11.6 Å². The molecule has 0 radical (unpaired) electrons. The Morgan fingerprint density at radius 1 is 0.972 bits per heavy atom. The van der Waals surface area contributed by atoms with Gasteiger partial charge >= 0.3 is 0 Å². The summed E-state index contributed by atoms with van der Waals surface area (Å²) in [5.74, 6) is 0.128. The Labute approximate surface area is 219 Å². The lowest BCUT2D eigenvalue weighted by atomic mass is 10.0. The zero-order valence-corrected chi connectivity index (χ0v) is 22.4. The maximum atomic E-state index is 13.7. The summed E-state index contributed by atoms with van der Waals surface area (Å²) in [5, 5.41) is 3.60. The average molecular weight is 507 g/mol. The molecule has 6 heteroatoms. The number of hydrogen-bond donors (Lipinski definition) is 1. The predicted molar refractivity (Wildman–Crippen MR) is 145 cm³/mol. The van der Waals surface area contributed by atoms with Crippen molar-refractivity contribution < 1.29 is 14.3 Å². The molecule has 0 bridgehead atoms. The molecule has 0 aliphatic carbocycles. The second-order valence-electron chi connectivity index (χ2n) is 10.1. The third-order valence-electron chi connectivity index (χ3n) is 5.75. The van der Waals surface area contributed by atoms with E-state index in [4.69, 9.17) is 16.3 Å². The Morgan fingerprint density at radius 3 is 2.28 bits per heavy atom. The van der Waals surface area contributed by atoms with Gasteiger partial charge in [0.05, 0.1) is 0 Å². The molecule has 36 heavy (non-hydrogen) atoms. The monoisotopic (exact) mass is 506 g/mol. The summed E-state index contributed by atoms with van der Waals surface area (Å²) in [6, 6.07) is 22.1. The number of ether oxygens (including phenoxy) is 1. The molecule has 0 fully saturated rings. The minimum atomic E-state index is -0.752. The summed E-state index contributed by atoms with van der Waals surface area (Å²) in [5.41, 5.74) is 3.33. The van der Waals surface area contributed by atoms with Gasteiger partial charge in [-0.25, -0.2) is 0 Å². The van der Waals surface area contributed by atoms with Gasteiger partial charge in [-0.15, -0.1) is 0 Å². The predicted octanol–water partition coefficient (Wildman–Crippen LogP) is 5.89. The standard InChI is InChI=1S/C30H35ClN2O3/c1-21-15-16-27(22(2)17-21)36-20-28(34)33(19-24-13-9-10-14-25(24)31)26(29(35)32-30(3,4)5)18-23-11-7-6-8-12-23/h6-17,26H,18-20H2,1-5H3,(H,32,35)/t26-/m0/s1. The van der Waals surface area contributed by atoms with Gasteiger partial charge in [0.2, 0.25) is 5.91 Å². The molecule has 0 aliphatic rings. The van der Waals surface area contributed by atoms with Crippen molar-refractivity contribution >= 4 is 23.4 Å². The van der Waals surface area contributed by atoms with Gasteiger partial charge in [-0.05, 0) is 63.4 Å². The van der Waals surface area contributed by atoms with Crippen LogP contribution < -0.4 is 10.1 Å². The molecule has 0 aromatic heterocycles. The highest BCUT2D eigenvalue weighted by Crippen LogP contribution is 2.22. The average Bonchev–Trinajstić information content (AvgIpc) is 2.81. The van der Waals surface area contributed by atoms with Crippen LogP contribution in [0.3, 0.4) is 0 Å². The highest BCUT2D eigenvalue weighted by molar-refractivity contribution is 6.31. The minimum Gasteiger partial charge on any atom is -0.483 e. The Morgan fingerprint density at radius 2 is 1.64 bits per heavy atom. The van der Waals surface area contributed by atoms with E-state index in [1.54, 1.807) is 11.0 Å². The van der Waals surface area contributed by atoms with Gasteiger partial charge < -0.3 is 15.0 Å². The van der Waals surface area contributed by atoms with Crippen molar-refractivity contribution in [3.8, 4) is 5.75 Å². The first-order valence-corrected chi connectivity index (χ1v) is 12.5. The van der Waals surface area contributed by atoms with E-state index in [1.807, 2.05) is 101 Å². The number of aryl methyl sites for hydroxylation is 2. The maximum Gasteiger partial charge on any atom is 0.261 e. The molecule has 0 spiro atoms. The van der Waals surface area contributed by atoms with Crippen LogP contribution in [0.25, 0.3) is 0 Å². The lowest BCUT2D eigenvalue weighted by Gasteiger charge is -2.34. The lowest BCUT2D eigenvalue weighted by molar-refractivity contribution is -0.143. The SMILES string of the molecule is Cc1ccc(OCC(=O)N(Cc2ccccc2Cl)[C@@H](Cc2ccccc2)C(=O)NC(C)(C)C)c(C)c1. The number of nitrogens with zero attached hydrogens (tertiary/aromatic N) is 1. The van der Waals surface area contributed by atoms with Crippen molar-refractivity contribution in [2.75, 3.05) is 6.61 Å². The summed E-state index contributed by atoms with van der Waals surface area (Å²) in [6.07, 6.45) is 0.364. The molecule has 5 nitrogen and oxygen atoms in total. The molecular weight excluding hydrogens is 472 g/mol. The van der Waals surface area contributed by atoms with Crippen LogP contribution in [0.1, 0.15) is 43.0 Å². The molecule has 190 valence electrons. The van der Waals surface area contributed by atoms with E-state index >= 15 is 0 Å². The molecule has 3 aromatic rings. The molecule has 2 amide bonds. The van der Waals surface area contributed by atoms with Gasteiger partial charge in [-0.3, -0.25) is 9.59 Å². The third-order valence-corrected chi connectivity index (χ3v) is 6.12. The van der Waals surface area contributed by atoms with Gasteiger partial charge in [0, 0.05) is 23.5 Å². The molecule has 0 heterocycles. The first kappa shape index (κ1) is 27.3. The Bertz CT molecular complexity index is 1190. The van der Waals surface area contributed by atoms with Crippen molar-refractivity contribution in [2.24, 2.45) is 0 Å². The molecule has 0 aliphatic heterocycles. The molecule has 3 rings (SSSR count). The van der Waals surface area contributed by atoms with Crippen LogP contribution in [0.2, 0.25) is 5.02 Å². The first-order valence-electron chi connectivity index (χ1n) is 12.1. The quantitative estimate of drug-likeness (QED) is 0.393. The number of nitrogens with one attached hydrogen (secondary N) is 1. The zero-order valence-electron chi connectivity index (χ0n) is 21.7. The van der Waals surface area contributed by atoms with E-state index < -0.39 is 11.6 Å². The number of carbonyl (C=O) groups is 2. The van der Waals surface area contributed by atoms with Gasteiger partial charge in [0.15, 0.2) is 6.61 Å². The zero-order chi connectivity index (χ0) is 26.3. The summed E-state index contributed by atoms with van der Waals surface area (Å²) in [4.78, 5) is 28.8. The smallest absolute Gasteiger partial charge is 0.261 e. The third kappa shape index (κ3) is 7.85. The second-order valence-corrected chi connectivity index (χ2v) is 10.5. The van der Waals surface area contributed by atoms with Crippen molar-refractivity contribution in [2.45, 2.75) is 59.2 Å². The van der Waals surface area contributed by atoms with Crippen LogP contribution in [-0.2, 0) is 22.6 Å². The van der Waals surface area contributed by atoms with Crippen molar-refractivity contribution in [3.05, 3.63) is 100 Å². The van der Waals surface area contributed by atoms with E-state index in [0.717, 1.165) is 22.3 Å². The van der Waals surface area contributed by atoms with Crippen LogP contribution in [0.5, 0.6) is 5.75 Å². The number of halogens is 1. The van der Waals surface area contributed by atoms with E-state index in [9.17, 15) is 9.59 Å². The fourth-order valence-electron chi connectivity index (χ4n) is 4.00. The summed E-state index contributed by atoms with van der Waals surface area (Å²) in [7, 11) is 0. The molecule has 0 saturated heterocycles. The van der Waals surface area contributed by atoms with E-state index in [2.05, 4.69) is 5.32 Å². The second kappa shape index (κ2) is 12.1. The Kier molecular flexibility index (Phi) is 9.16. The fourth-order valence-corrected chi connectivity index (χ4v) is 4.20. The van der Waals surface area contributed by atoms with Crippen LogP contribution in [-0.4, -0.2) is 34.9 Å². The van der Waals surface area contributed by atoms with Crippen LogP contribution in [0, 0.1) is 13.8 Å². The Hall–Kier alpha value is -3.31. The first-order chi connectivity index (χ1) is 17.0. The summed E-state index contributed by atoms with van der Waals surface area (Å²) in [6.45, 7) is 9.72. The van der Waals surface area contributed by atoms with Crippen LogP contribution in [0.15, 0.2) is 72.8 Å². The lowest BCUT2D eigenvalue weighted by Crippen LogP contribution is -2.55. The van der Waals surface area contributed by atoms with E-state index in [-0.39, 0.29) is 25.0 Å². The van der Waals surface area contributed by atoms with Gasteiger partial charge in [-0.1, -0.05) is 77.8 Å². The topological polar surface area (TPSA) is 58.6 Å². The number of amides is 2. The molecule has 1 atom stereocenters. The minimum absolute atomic E-state index is 0.184. The molecule has 3 aromatic carbocycles.